The number of thiazole rings is 1. The SMILES string of the molecule is CO/N=C(\C(=O)N[C@@H]1C(=O)N2C(C(=O)O)=C(C=CCO[Si](C)(C)C(C)(C)C)SC[C@H]12)c1csc(NC(c2ccccc2)(c2ccccc2)c2ccccc2)n1. The average molecular weight is 796 g/mol. The second kappa shape index (κ2) is 16.4. The number of carboxylic acids is 1. The van der Waals surface area contributed by atoms with E-state index in [1.807, 2.05) is 54.6 Å². The molecule has 0 aliphatic carbocycles. The lowest BCUT2D eigenvalue weighted by atomic mass is 9.77. The second-order valence-corrected chi connectivity index (χ2v) is 21.4. The first-order chi connectivity index (χ1) is 26.3. The molecule has 3 N–H and O–H groups in total. The highest BCUT2D eigenvalue weighted by atomic mass is 32.2. The number of nitrogens with one attached hydrogen (secondary N) is 2. The van der Waals surface area contributed by atoms with Crippen molar-refractivity contribution in [3.63, 3.8) is 0 Å². The van der Waals surface area contributed by atoms with Crippen molar-refractivity contribution in [3.05, 3.63) is 142 Å². The molecule has 14 heteroatoms. The maximum atomic E-state index is 13.8. The fourth-order valence-corrected chi connectivity index (χ4v) is 9.27. The minimum absolute atomic E-state index is 0.0359. The van der Waals surface area contributed by atoms with E-state index in [-0.39, 0.29) is 22.1 Å². The van der Waals surface area contributed by atoms with Crippen LogP contribution in [0.4, 0.5) is 5.13 Å². The van der Waals surface area contributed by atoms with Crippen LogP contribution in [0.2, 0.25) is 18.1 Å². The molecule has 0 radical (unpaired) electrons. The highest BCUT2D eigenvalue weighted by molar-refractivity contribution is 8.03. The van der Waals surface area contributed by atoms with Crippen molar-refractivity contribution >= 4 is 60.0 Å². The molecule has 1 saturated heterocycles. The van der Waals surface area contributed by atoms with Gasteiger partial charge in [-0.05, 0) is 40.9 Å². The number of anilines is 1. The van der Waals surface area contributed by atoms with Crippen molar-refractivity contribution in [2.45, 2.75) is 56.5 Å². The number of thioether (sulfide) groups is 1. The Morgan fingerprint density at radius 3 is 2.05 bits per heavy atom. The van der Waals surface area contributed by atoms with Gasteiger partial charge < -0.3 is 25.0 Å². The van der Waals surface area contributed by atoms with Crippen LogP contribution in [-0.2, 0) is 29.2 Å². The Kier molecular flexibility index (Phi) is 11.8. The first kappa shape index (κ1) is 39.7. The molecule has 0 unspecified atom stereocenters. The van der Waals surface area contributed by atoms with Gasteiger partial charge >= 0.3 is 5.97 Å². The summed E-state index contributed by atoms with van der Waals surface area (Å²) in [5, 5.41) is 22.9. The zero-order chi connectivity index (χ0) is 39.4. The van der Waals surface area contributed by atoms with Crippen molar-refractivity contribution in [1.29, 1.82) is 0 Å². The smallest absolute Gasteiger partial charge is 0.353 e. The van der Waals surface area contributed by atoms with Gasteiger partial charge in [-0.3, -0.25) is 14.5 Å². The Bertz CT molecular complexity index is 2020. The number of benzene rings is 3. The van der Waals surface area contributed by atoms with Crippen LogP contribution < -0.4 is 10.6 Å². The van der Waals surface area contributed by atoms with Crippen molar-refractivity contribution < 1.29 is 28.8 Å². The molecule has 11 nitrogen and oxygen atoms in total. The summed E-state index contributed by atoms with van der Waals surface area (Å²) in [6.45, 7) is 11.1. The number of carboxylic acid groups (broad SMARTS) is 1. The Hall–Kier alpha value is -5.02. The van der Waals surface area contributed by atoms with Crippen molar-refractivity contribution in [3.8, 4) is 0 Å². The van der Waals surface area contributed by atoms with Crippen LogP contribution in [0.3, 0.4) is 0 Å². The number of β-lactam (4-membered cyclic amide) rings is 1. The zero-order valence-corrected chi connectivity index (χ0v) is 34.2. The van der Waals surface area contributed by atoms with Gasteiger partial charge in [-0.1, -0.05) is 123 Å². The Morgan fingerprint density at radius 2 is 1.55 bits per heavy atom. The summed E-state index contributed by atoms with van der Waals surface area (Å²) in [5.41, 5.74) is 2.12. The molecule has 286 valence electrons. The zero-order valence-electron chi connectivity index (χ0n) is 31.6. The number of hydrogen-bond acceptors (Lipinski definition) is 10. The van der Waals surface area contributed by atoms with Crippen LogP contribution in [0.1, 0.15) is 43.2 Å². The van der Waals surface area contributed by atoms with E-state index in [0.29, 0.717) is 22.4 Å². The monoisotopic (exact) mass is 795 g/mol. The molecule has 4 aromatic rings. The molecule has 6 rings (SSSR count). The summed E-state index contributed by atoms with van der Waals surface area (Å²) in [6.07, 6.45) is 3.50. The standard InChI is InChI=1S/C41H45N5O6S2Si/c1-40(2,3)55(5,6)52-24-16-23-32-35(38(49)50)46-31(26-53-32)34(37(46)48)43-36(47)33(45-51-4)30-25-54-39(42-30)44-41(27-17-10-7-11-18-27,28-19-12-8-13-20-28)29-21-14-9-15-22-29/h7-23,25,31,34H,24,26H2,1-6H3,(H,42,44)(H,43,47)(H,49,50)/b23-16?,45-33-/t31-,34+/m1/s1. The lowest BCUT2D eigenvalue weighted by Gasteiger charge is -2.49. The van der Waals surface area contributed by atoms with E-state index in [1.54, 1.807) is 17.5 Å². The molecule has 2 atom stereocenters. The van der Waals surface area contributed by atoms with Crippen LogP contribution in [0.5, 0.6) is 0 Å². The van der Waals surface area contributed by atoms with Gasteiger partial charge in [-0.25, -0.2) is 9.78 Å². The normalized spacial score (nSPS) is 17.8. The molecule has 0 spiro atoms. The Morgan fingerprint density at radius 1 is 0.982 bits per heavy atom. The topological polar surface area (TPSA) is 142 Å². The van der Waals surface area contributed by atoms with E-state index in [9.17, 15) is 19.5 Å². The third-order valence-corrected chi connectivity index (χ3v) is 16.7. The van der Waals surface area contributed by atoms with Crippen LogP contribution in [0.15, 0.2) is 124 Å². The third-order valence-electron chi connectivity index (χ3n) is 10.3. The lowest BCUT2D eigenvalue weighted by Crippen LogP contribution is -2.73. The second-order valence-electron chi connectivity index (χ2n) is 14.7. The van der Waals surface area contributed by atoms with Crippen molar-refractivity contribution in [2.24, 2.45) is 5.16 Å². The van der Waals surface area contributed by atoms with E-state index in [2.05, 4.69) is 86.1 Å². The summed E-state index contributed by atoms with van der Waals surface area (Å²) in [7, 11) is -0.665. The van der Waals surface area contributed by atoms with Gasteiger partial charge in [-0.15, -0.1) is 23.1 Å². The first-order valence-corrected chi connectivity index (χ1v) is 22.6. The van der Waals surface area contributed by atoms with Gasteiger partial charge in [0, 0.05) is 16.0 Å². The number of hydrogen-bond donors (Lipinski definition) is 3. The largest absolute Gasteiger partial charge is 0.477 e. The molecule has 2 aliphatic rings. The number of rotatable bonds is 14. The minimum atomic E-state index is -1.99. The number of nitrogens with zero attached hydrogens (tertiary/aromatic N) is 3. The molecule has 1 fully saturated rings. The summed E-state index contributed by atoms with van der Waals surface area (Å²) in [6, 6.07) is 28.7. The summed E-state index contributed by atoms with van der Waals surface area (Å²) >= 11 is 2.63. The minimum Gasteiger partial charge on any atom is -0.477 e. The number of carbonyl (C=O) groups is 3. The molecule has 3 aromatic carbocycles. The predicted octanol–water partition coefficient (Wildman–Crippen LogP) is 7.21. The van der Waals surface area contributed by atoms with E-state index >= 15 is 0 Å². The third kappa shape index (κ3) is 8.04. The Labute approximate surface area is 330 Å². The number of allylic oxidation sites excluding steroid dienone is 1. The molecule has 2 aliphatic heterocycles. The predicted molar refractivity (Wildman–Crippen MR) is 220 cm³/mol. The average Bonchev–Trinajstić information content (AvgIpc) is 3.64. The summed E-state index contributed by atoms with van der Waals surface area (Å²) < 4.78 is 6.20. The van der Waals surface area contributed by atoms with Gasteiger partial charge in [0.2, 0.25) is 0 Å². The maximum absolute atomic E-state index is 13.8. The van der Waals surface area contributed by atoms with Crippen LogP contribution in [0.25, 0.3) is 0 Å². The Balaban J connectivity index is 1.22. The van der Waals surface area contributed by atoms with Crippen LogP contribution >= 0.6 is 23.1 Å². The fourth-order valence-electron chi connectivity index (χ4n) is 6.36. The quantitative estimate of drug-likeness (QED) is 0.0397. The van der Waals surface area contributed by atoms with E-state index in [1.165, 1.54) is 35.1 Å². The van der Waals surface area contributed by atoms with Gasteiger partial charge in [0.15, 0.2) is 19.2 Å². The number of amides is 2. The molecule has 55 heavy (non-hydrogen) atoms. The first-order valence-electron chi connectivity index (χ1n) is 17.8. The number of aromatic nitrogens is 1. The van der Waals surface area contributed by atoms with E-state index < -0.39 is 43.7 Å². The molecule has 0 saturated carbocycles. The fraction of sp³-hybridized carbons (Fsp3) is 0.293. The number of aliphatic carboxylic acids is 1. The highest BCUT2D eigenvalue weighted by Gasteiger charge is 2.54. The van der Waals surface area contributed by atoms with Crippen molar-refractivity contribution in [2.75, 3.05) is 24.8 Å². The lowest BCUT2D eigenvalue weighted by molar-refractivity contribution is -0.153. The van der Waals surface area contributed by atoms with Gasteiger partial charge in [0.05, 0.1) is 12.6 Å². The van der Waals surface area contributed by atoms with Gasteiger partial charge in [-0.2, -0.15) is 0 Å². The maximum Gasteiger partial charge on any atom is 0.353 e. The van der Waals surface area contributed by atoms with E-state index in [4.69, 9.17) is 14.2 Å². The number of carbonyl (C=O) groups excluding carboxylic acids is 2. The van der Waals surface area contributed by atoms with Crippen molar-refractivity contribution in [1.82, 2.24) is 15.2 Å². The molecule has 2 amide bonds. The molecule has 1 aromatic heterocycles. The summed E-state index contributed by atoms with van der Waals surface area (Å²) in [4.78, 5) is 51.4. The van der Waals surface area contributed by atoms with Gasteiger partial charge in [0.1, 0.15) is 30.1 Å². The molecular formula is C41H45N5O6S2Si. The van der Waals surface area contributed by atoms with E-state index in [0.717, 1.165) is 16.7 Å². The molecular weight excluding hydrogens is 751 g/mol. The number of fused-ring (bicyclic) bond motifs is 1. The molecule has 0 bridgehead atoms. The van der Waals surface area contributed by atoms with Crippen LogP contribution in [-0.4, -0.2) is 78.4 Å². The van der Waals surface area contributed by atoms with Gasteiger partial charge in [0.25, 0.3) is 11.8 Å². The molecule has 3 heterocycles. The van der Waals surface area contributed by atoms with Crippen LogP contribution in [0, 0.1) is 0 Å². The summed E-state index contributed by atoms with van der Waals surface area (Å²) in [5.74, 6) is -2.02. The number of oxime groups is 1. The highest BCUT2D eigenvalue weighted by Crippen LogP contribution is 2.42.